The lowest BCUT2D eigenvalue weighted by Crippen LogP contribution is -1.99. The molecule has 4 heteroatoms. The monoisotopic (exact) mass is 258 g/mol. The fourth-order valence-corrected chi connectivity index (χ4v) is 3.39. The van der Waals surface area contributed by atoms with Crippen LogP contribution in [0.5, 0.6) is 0 Å². The summed E-state index contributed by atoms with van der Waals surface area (Å²) in [5.74, 6) is 0. The molecule has 0 radical (unpaired) electrons. The van der Waals surface area contributed by atoms with Crippen molar-refractivity contribution in [3.05, 3.63) is 43.2 Å². The molecular weight excluding hydrogens is 248 g/mol. The first-order valence-corrected chi connectivity index (χ1v) is 6.81. The van der Waals surface area contributed by atoms with Gasteiger partial charge in [0, 0.05) is 6.42 Å². The molecule has 1 atom stereocenters. The average Bonchev–Trinajstić information content (AvgIpc) is 2.79. The Morgan fingerprint density at radius 1 is 1.47 bits per heavy atom. The van der Waals surface area contributed by atoms with E-state index in [4.69, 9.17) is 11.6 Å². The summed E-state index contributed by atoms with van der Waals surface area (Å²) in [6.07, 6.45) is 0.161. The highest BCUT2D eigenvalue weighted by Crippen LogP contribution is 2.34. The highest BCUT2D eigenvalue weighted by Gasteiger charge is 2.15. The maximum absolute atomic E-state index is 10.0. The molecule has 0 aromatic carbocycles. The first-order chi connectivity index (χ1) is 7.18. The number of rotatable bonds is 3. The number of thiophene rings is 2. The number of hydrogen-bond acceptors (Lipinski definition) is 3. The van der Waals surface area contributed by atoms with E-state index >= 15 is 0 Å². The lowest BCUT2D eigenvalue weighted by atomic mass is 10.1. The predicted molar refractivity (Wildman–Crippen MR) is 67.0 cm³/mol. The Hall–Kier alpha value is -0.350. The quantitative estimate of drug-likeness (QED) is 0.881. The van der Waals surface area contributed by atoms with Crippen molar-refractivity contribution in [1.29, 1.82) is 0 Å². The Morgan fingerprint density at radius 3 is 2.80 bits per heavy atom. The first-order valence-electron chi connectivity index (χ1n) is 4.61. The number of aliphatic hydroxyl groups is 1. The zero-order valence-electron chi connectivity index (χ0n) is 8.24. The molecule has 80 valence electrons. The van der Waals surface area contributed by atoms with Crippen molar-refractivity contribution in [3.8, 4) is 0 Å². The third-order valence-electron chi connectivity index (χ3n) is 2.24. The molecule has 0 aliphatic rings. The zero-order chi connectivity index (χ0) is 10.8. The van der Waals surface area contributed by atoms with E-state index in [1.54, 1.807) is 11.3 Å². The molecule has 0 aliphatic heterocycles. The maximum Gasteiger partial charge on any atom is 0.0937 e. The number of aliphatic hydroxyl groups excluding tert-OH is 1. The van der Waals surface area contributed by atoms with Crippen LogP contribution in [0.1, 0.15) is 22.1 Å². The number of halogens is 1. The van der Waals surface area contributed by atoms with Gasteiger partial charge in [-0.15, -0.1) is 11.3 Å². The molecule has 2 aromatic rings. The Bertz CT molecular complexity index is 433. The van der Waals surface area contributed by atoms with Crippen LogP contribution < -0.4 is 0 Å². The largest absolute Gasteiger partial charge is 0.387 e. The lowest BCUT2D eigenvalue weighted by Gasteiger charge is -2.07. The summed E-state index contributed by atoms with van der Waals surface area (Å²) in [6, 6.07) is 2.03. The molecule has 0 saturated heterocycles. The van der Waals surface area contributed by atoms with E-state index in [0.29, 0.717) is 11.4 Å². The van der Waals surface area contributed by atoms with Gasteiger partial charge in [-0.1, -0.05) is 11.6 Å². The van der Waals surface area contributed by atoms with Crippen LogP contribution in [0.25, 0.3) is 0 Å². The van der Waals surface area contributed by atoms with Crippen LogP contribution in [0.15, 0.2) is 22.2 Å². The summed E-state index contributed by atoms with van der Waals surface area (Å²) in [7, 11) is 0. The zero-order valence-corrected chi connectivity index (χ0v) is 10.6. The number of hydrogen-bond donors (Lipinski definition) is 1. The highest BCUT2D eigenvalue weighted by atomic mass is 35.5. The fourth-order valence-electron chi connectivity index (χ4n) is 1.40. The summed E-state index contributed by atoms with van der Waals surface area (Å²) in [6.45, 7) is 1.96. The maximum atomic E-state index is 10.0. The van der Waals surface area contributed by atoms with Gasteiger partial charge in [-0.3, -0.25) is 0 Å². The molecule has 0 aliphatic carbocycles. The Kier molecular flexibility index (Phi) is 3.46. The normalized spacial score (nSPS) is 13.0. The van der Waals surface area contributed by atoms with Crippen LogP contribution in [0.2, 0.25) is 5.02 Å². The molecule has 1 unspecified atom stereocenters. The van der Waals surface area contributed by atoms with Crippen molar-refractivity contribution in [3.63, 3.8) is 0 Å². The minimum Gasteiger partial charge on any atom is -0.387 e. The van der Waals surface area contributed by atoms with Crippen LogP contribution >= 0.6 is 34.3 Å². The number of aryl methyl sites for hydroxylation is 1. The third kappa shape index (κ3) is 2.42. The Labute approximate surface area is 102 Å². The van der Waals surface area contributed by atoms with Crippen molar-refractivity contribution < 1.29 is 5.11 Å². The fraction of sp³-hybridized carbons (Fsp3) is 0.273. The van der Waals surface area contributed by atoms with Crippen LogP contribution in [-0.4, -0.2) is 5.11 Å². The van der Waals surface area contributed by atoms with Gasteiger partial charge in [0.2, 0.25) is 0 Å². The van der Waals surface area contributed by atoms with E-state index in [0.717, 1.165) is 16.0 Å². The van der Waals surface area contributed by atoms with E-state index in [2.05, 4.69) is 5.38 Å². The molecule has 15 heavy (non-hydrogen) atoms. The molecule has 0 fully saturated rings. The van der Waals surface area contributed by atoms with E-state index in [9.17, 15) is 5.11 Å². The topological polar surface area (TPSA) is 20.2 Å². The van der Waals surface area contributed by atoms with Crippen molar-refractivity contribution >= 4 is 34.3 Å². The van der Waals surface area contributed by atoms with E-state index in [-0.39, 0.29) is 0 Å². The van der Waals surface area contributed by atoms with Crippen molar-refractivity contribution in [2.24, 2.45) is 0 Å². The molecular formula is C11H11ClOS2. The highest BCUT2D eigenvalue weighted by molar-refractivity contribution is 7.10. The van der Waals surface area contributed by atoms with E-state index in [1.807, 2.05) is 23.8 Å². The van der Waals surface area contributed by atoms with Gasteiger partial charge < -0.3 is 5.11 Å². The van der Waals surface area contributed by atoms with Crippen molar-refractivity contribution in [2.45, 2.75) is 19.4 Å². The summed E-state index contributed by atoms with van der Waals surface area (Å²) in [4.78, 5) is 0.875. The summed E-state index contributed by atoms with van der Waals surface area (Å²) >= 11 is 9.27. The second-order valence-corrected chi connectivity index (χ2v) is 5.52. The molecule has 0 bridgehead atoms. The Balaban J connectivity index is 2.14. The van der Waals surface area contributed by atoms with Crippen LogP contribution in [0.3, 0.4) is 0 Å². The smallest absolute Gasteiger partial charge is 0.0937 e. The van der Waals surface area contributed by atoms with Crippen LogP contribution in [-0.2, 0) is 6.42 Å². The lowest BCUT2D eigenvalue weighted by molar-refractivity contribution is 0.182. The summed E-state index contributed by atoms with van der Waals surface area (Å²) < 4.78 is 0. The second-order valence-electron chi connectivity index (χ2n) is 3.45. The van der Waals surface area contributed by atoms with Gasteiger partial charge >= 0.3 is 0 Å². The minimum atomic E-state index is -0.481. The first kappa shape index (κ1) is 11.1. The minimum absolute atomic E-state index is 0.481. The van der Waals surface area contributed by atoms with Crippen LogP contribution in [0, 0.1) is 6.92 Å². The van der Waals surface area contributed by atoms with Gasteiger partial charge in [0.05, 0.1) is 16.0 Å². The van der Waals surface area contributed by atoms with Crippen molar-refractivity contribution in [2.75, 3.05) is 0 Å². The van der Waals surface area contributed by atoms with Gasteiger partial charge in [0.25, 0.3) is 0 Å². The second kappa shape index (κ2) is 4.66. The Morgan fingerprint density at radius 2 is 2.27 bits per heavy atom. The average molecular weight is 259 g/mol. The standard InChI is InChI=1S/C11H11ClOS2/c1-7-5-15-11(10(7)12)9(13)4-8-2-3-14-6-8/h2-3,5-6,9,13H,4H2,1H3. The van der Waals surface area contributed by atoms with Gasteiger partial charge in [-0.2, -0.15) is 11.3 Å². The van der Waals surface area contributed by atoms with E-state index in [1.165, 1.54) is 11.3 Å². The molecule has 2 aromatic heterocycles. The molecule has 0 saturated carbocycles. The van der Waals surface area contributed by atoms with E-state index < -0.39 is 6.10 Å². The molecule has 0 amide bonds. The molecule has 2 heterocycles. The van der Waals surface area contributed by atoms with Gasteiger partial charge in [-0.05, 0) is 40.3 Å². The molecule has 0 spiro atoms. The summed E-state index contributed by atoms with van der Waals surface area (Å²) in [5, 5.41) is 16.8. The van der Waals surface area contributed by atoms with Gasteiger partial charge in [0.1, 0.15) is 0 Å². The van der Waals surface area contributed by atoms with Crippen molar-refractivity contribution in [1.82, 2.24) is 0 Å². The van der Waals surface area contributed by atoms with Gasteiger partial charge in [-0.25, -0.2) is 0 Å². The molecule has 1 N–H and O–H groups in total. The van der Waals surface area contributed by atoms with Gasteiger partial charge in [0.15, 0.2) is 0 Å². The summed E-state index contributed by atoms with van der Waals surface area (Å²) in [5.41, 5.74) is 2.20. The SMILES string of the molecule is Cc1csc(C(O)Cc2ccsc2)c1Cl. The molecule has 2 rings (SSSR count). The third-order valence-corrected chi connectivity index (χ3v) is 4.78. The predicted octanol–water partition coefficient (Wildman–Crippen LogP) is 4.05. The van der Waals surface area contributed by atoms with Crippen LogP contribution in [0.4, 0.5) is 0 Å². The molecule has 1 nitrogen and oxygen atoms in total.